The highest BCUT2D eigenvalue weighted by Crippen LogP contribution is 2.43. The number of thiophene rings is 6. The van der Waals surface area contributed by atoms with Gasteiger partial charge in [0.05, 0.1) is 63.0 Å². The van der Waals surface area contributed by atoms with E-state index >= 15 is 0 Å². The number of unbranched alkanes of at least 4 members (excludes halogenated alkanes) is 10. The van der Waals surface area contributed by atoms with Gasteiger partial charge in [0.1, 0.15) is 12.2 Å². The number of hydrogen-bond acceptors (Lipinski definition) is 14. The molecular formula is C60H82Br2O8S6Si. The van der Waals surface area contributed by atoms with E-state index < -0.39 is 8.07 Å². The second kappa shape index (κ2) is 33.9. The van der Waals surface area contributed by atoms with Crippen LogP contribution in [-0.2, 0) is 28.4 Å². The molecule has 0 spiro atoms. The molecule has 2 aliphatic heterocycles. The molecule has 424 valence electrons. The fourth-order valence-corrected chi connectivity index (χ4v) is 18.1. The first-order valence-corrected chi connectivity index (χ1v) is 38.0. The molecule has 17 heteroatoms. The van der Waals surface area contributed by atoms with Gasteiger partial charge < -0.3 is 28.4 Å². The Morgan fingerprint density at radius 2 is 0.870 bits per heavy atom. The highest BCUT2D eigenvalue weighted by Gasteiger charge is 2.27. The normalized spacial score (nSPS) is 14.8. The largest absolute Gasteiger partial charge is 0.459 e. The van der Waals surface area contributed by atoms with E-state index in [-0.39, 0.29) is 36.7 Å². The molecule has 6 aromatic rings. The van der Waals surface area contributed by atoms with Crippen molar-refractivity contribution in [3.05, 3.63) is 94.0 Å². The van der Waals surface area contributed by atoms with E-state index in [2.05, 4.69) is 135 Å². The van der Waals surface area contributed by atoms with Gasteiger partial charge in [0.15, 0.2) is 12.6 Å². The summed E-state index contributed by atoms with van der Waals surface area (Å²) in [6, 6.07) is 21.2. The molecule has 8 heterocycles. The third kappa shape index (κ3) is 20.8. The van der Waals surface area contributed by atoms with E-state index in [4.69, 9.17) is 28.4 Å². The van der Waals surface area contributed by atoms with Gasteiger partial charge in [-0.05, 0) is 136 Å². The molecule has 0 aliphatic carbocycles. The predicted molar refractivity (Wildman–Crippen MR) is 340 cm³/mol. The highest BCUT2D eigenvalue weighted by molar-refractivity contribution is 9.11. The van der Waals surface area contributed by atoms with Gasteiger partial charge >= 0.3 is 11.9 Å². The number of ether oxygens (including phenoxy) is 6. The highest BCUT2D eigenvalue weighted by atomic mass is 79.9. The number of halogens is 2. The van der Waals surface area contributed by atoms with Gasteiger partial charge in [-0.2, -0.15) is 0 Å². The average Bonchev–Trinajstić information content (AvgIpc) is 4.25. The second-order valence-corrected chi connectivity index (χ2v) is 35.5. The maximum Gasteiger partial charge on any atom is 0.340 e. The maximum absolute atomic E-state index is 13.2. The Labute approximate surface area is 502 Å². The molecule has 0 aromatic carbocycles. The first-order valence-electron chi connectivity index (χ1n) is 28.0. The first-order chi connectivity index (χ1) is 37.2. The zero-order chi connectivity index (χ0) is 55.2. The van der Waals surface area contributed by atoms with E-state index in [1.165, 1.54) is 98.4 Å². The van der Waals surface area contributed by atoms with Crippen molar-refractivity contribution in [1.82, 2.24) is 0 Å². The average molecular weight is 1310 g/mol. The molecule has 2 saturated heterocycles. The number of hydrogen-bond donors (Lipinski definition) is 0. The number of rotatable bonds is 28. The van der Waals surface area contributed by atoms with Crippen molar-refractivity contribution in [3.8, 4) is 29.3 Å². The van der Waals surface area contributed by atoms with E-state index in [0.29, 0.717) is 37.6 Å². The van der Waals surface area contributed by atoms with Crippen molar-refractivity contribution in [2.75, 3.05) is 26.4 Å². The molecule has 0 N–H and O–H groups in total. The lowest BCUT2D eigenvalue weighted by Gasteiger charge is -2.17. The van der Waals surface area contributed by atoms with Crippen LogP contribution in [0.15, 0.2) is 68.2 Å². The quantitative estimate of drug-likeness (QED) is 0.0273. The molecule has 0 amide bonds. The van der Waals surface area contributed by atoms with Crippen LogP contribution in [-0.4, -0.2) is 58.6 Å². The lowest BCUT2D eigenvalue weighted by atomic mass is 10.0. The number of carbonyl (C=O) groups is 2. The number of esters is 2. The topological polar surface area (TPSA) is 89.5 Å². The minimum Gasteiger partial charge on any atom is -0.459 e. The van der Waals surface area contributed by atoms with Crippen LogP contribution >= 0.6 is 99.9 Å². The zero-order valence-corrected chi connectivity index (χ0v) is 55.7. The summed E-state index contributed by atoms with van der Waals surface area (Å²) < 4.78 is 37.3. The van der Waals surface area contributed by atoms with Gasteiger partial charge in [0.25, 0.3) is 0 Å². The van der Waals surface area contributed by atoms with E-state index in [0.717, 1.165) is 91.3 Å². The fraction of sp³-hybridized carbons (Fsp3) is 0.567. The number of carbonyl (C=O) groups excluding carboxylic acids is 2. The fourth-order valence-electron chi connectivity index (χ4n) is 8.74. The lowest BCUT2D eigenvalue weighted by Crippen LogP contribution is -2.34. The molecule has 2 aliphatic rings. The summed E-state index contributed by atoms with van der Waals surface area (Å²) in [6.07, 6.45) is 19.5. The van der Waals surface area contributed by atoms with Crippen LogP contribution in [0.1, 0.15) is 191 Å². The van der Waals surface area contributed by atoms with Crippen molar-refractivity contribution in [2.45, 2.75) is 195 Å². The van der Waals surface area contributed by atoms with Gasteiger partial charge in [-0.25, -0.2) is 9.59 Å². The molecule has 0 bridgehead atoms. The monoisotopic (exact) mass is 1310 g/mol. The van der Waals surface area contributed by atoms with Gasteiger partial charge in [-0.1, -0.05) is 130 Å². The van der Waals surface area contributed by atoms with Crippen molar-refractivity contribution >= 4 is 124 Å². The Kier molecular flexibility index (Phi) is 28.3. The molecule has 8 nitrogen and oxygen atoms in total. The maximum atomic E-state index is 13.2. The summed E-state index contributed by atoms with van der Waals surface area (Å²) in [7, 11) is -1.12. The molecule has 77 heavy (non-hydrogen) atoms. The summed E-state index contributed by atoms with van der Waals surface area (Å²) in [5, 5.41) is 0. The molecule has 8 rings (SSSR count). The zero-order valence-electron chi connectivity index (χ0n) is 46.6. The Bertz CT molecular complexity index is 2510. The van der Waals surface area contributed by atoms with Crippen molar-refractivity contribution < 1.29 is 38.0 Å². The van der Waals surface area contributed by atoms with Crippen molar-refractivity contribution in [1.29, 1.82) is 0 Å². The van der Waals surface area contributed by atoms with Gasteiger partial charge in [0.2, 0.25) is 0 Å². The van der Waals surface area contributed by atoms with Gasteiger partial charge in [-0.3, -0.25) is 0 Å². The van der Waals surface area contributed by atoms with Crippen molar-refractivity contribution in [2.24, 2.45) is 0 Å². The standard InChI is InChI=1S/C34H52Br2O4S2.C14H14O4S2.C12H16S2Si/c1-5-9-13-15-17-21-25(19-11-7-3)39-33(37)27-23-29(41-31(27)35)30-24-28(32(36)42-30)34(38)40-26(20-12-8-4)22-18-16-14-10-6-2;1-3-11(13-15-5-6-16-13)19-9(1)10-2-4-12(20-10)14-17-7-8-18-14;1-9-5-6-10(13-9)11-7-8-12(14-11)15(2,3)4/h23-26H,5-22H2,1-4H3;1-4,13-14H,5-8H2;5-8H,1-4H3. The predicted octanol–water partition coefficient (Wildman–Crippen LogP) is 21.1. The molecule has 2 fully saturated rings. The van der Waals surface area contributed by atoms with Gasteiger partial charge in [0, 0.05) is 34.1 Å². The Morgan fingerprint density at radius 3 is 1.26 bits per heavy atom. The minimum absolute atomic E-state index is 0.0427. The van der Waals surface area contributed by atoms with Crippen LogP contribution < -0.4 is 4.50 Å². The lowest BCUT2D eigenvalue weighted by molar-refractivity contribution is -0.0415. The summed E-state index contributed by atoms with van der Waals surface area (Å²) in [5.41, 5.74) is 1.11. The molecule has 0 radical (unpaired) electrons. The second-order valence-electron chi connectivity index (χ2n) is 20.7. The molecule has 6 aromatic heterocycles. The van der Waals surface area contributed by atoms with Crippen molar-refractivity contribution in [3.63, 3.8) is 0 Å². The van der Waals surface area contributed by atoms with E-state index in [1.807, 2.05) is 34.8 Å². The Balaban J connectivity index is 0.000000221. The summed E-state index contributed by atoms with van der Waals surface area (Å²) in [6.45, 7) is 20.9. The number of aryl methyl sites for hydroxylation is 1. The third-order valence-corrected chi connectivity index (χ3v) is 25.3. The molecular weight excluding hydrogens is 1230 g/mol. The summed E-state index contributed by atoms with van der Waals surface area (Å²) >= 11 is 17.5. The van der Waals surface area contributed by atoms with E-state index in [9.17, 15) is 9.59 Å². The Morgan fingerprint density at radius 1 is 0.494 bits per heavy atom. The van der Waals surface area contributed by atoms with Crippen LogP contribution in [0.25, 0.3) is 29.3 Å². The molecule has 2 unspecified atom stereocenters. The minimum atomic E-state index is -1.12. The SMILES string of the molecule is CCCCCCCC(CCCC)OC(=O)c1cc(-c2cc(C(=O)OC(CCCC)CCCCCCC)c(Br)s2)sc1Br.Cc1ccc(-c2ccc([Si](C)(C)C)s2)s1.c1cc(C2OCCO2)sc1-c1ccc(C2OCCO2)s1. The van der Waals surface area contributed by atoms with Crippen LogP contribution in [0.3, 0.4) is 0 Å². The Hall–Kier alpha value is -1.84. The molecule has 2 atom stereocenters. The van der Waals surface area contributed by atoms with Crippen LogP contribution in [0.5, 0.6) is 0 Å². The van der Waals surface area contributed by atoms with Gasteiger partial charge in [-0.15, -0.1) is 68.0 Å². The van der Waals surface area contributed by atoms with Crippen LogP contribution in [0.4, 0.5) is 0 Å². The molecule has 0 saturated carbocycles. The summed E-state index contributed by atoms with van der Waals surface area (Å²) in [5.74, 6) is -0.543. The van der Waals surface area contributed by atoms with Crippen LogP contribution in [0.2, 0.25) is 19.6 Å². The smallest absolute Gasteiger partial charge is 0.340 e. The van der Waals surface area contributed by atoms with Crippen LogP contribution in [0, 0.1) is 6.92 Å². The first kappa shape index (κ1) is 64.3. The summed E-state index contributed by atoms with van der Waals surface area (Å²) in [4.78, 5) is 37.3. The third-order valence-electron chi connectivity index (χ3n) is 13.2. The van der Waals surface area contributed by atoms with E-state index in [1.54, 1.807) is 27.2 Å².